The number of hydrogen-bond donors (Lipinski definition) is 1. The number of ether oxygens (including phenoxy) is 1. The predicted molar refractivity (Wildman–Crippen MR) is 71.0 cm³/mol. The maximum atomic E-state index is 5.73. The number of rotatable bonds is 4. The van der Waals surface area contributed by atoms with Crippen LogP contribution in [-0.4, -0.2) is 24.1 Å². The molecule has 0 unspecified atom stereocenters. The minimum atomic E-state index is 0.477. The second-order valence-corrected chi connectivity index (χ2v) is 3.79. The lowest BCUT2D eigenvalue weighted by Crippen LogP contribution is -2.16. The maximum Gasteiger partial charge on any atom is 0.232 e. The predicted octanol–water partition coefficient (Wildman–Crippen LogP) is 1.71. The molecule has 0 aliphatic rings. The number of nitrogens with two attached hydrogens (primary N) is 1. The lowest BCUT2D eigenvalue weighted by molar-refractivity contribution is 0.397. The SMILES string of the molecule is COc1ccnc(N(C)c2ccccc2CN)n1. The molecular weight excluding hydrogens is 228 g/mol. The van der Waals surface area contributed by atoms with Crippen LogP contribution in [0.3, 0.4) is 0 Å². The van der Waals surface area contributed by atoms with Crippen LogP contribution in [0.5, 0.6) is 5.88 Å². The van der Waals surface area contributed by atoms with Crippen LogP contribution in [0.2, 0.25) is 0 Å². The van der Waals surface area contributed by atoms with Gasteiger partial charge in [0, 0.05) is 31.5 Å². The number of methoxy groups -OCH3 is 1. The third kappa shape index (κ3) is 2.41. The molecule has 0 saturated carbocycles. The molecule has 18 heavy (non-hydrogen) atoms. The molecule has 0 saturated heterocycles. The van der Waals surface area contributed by atoms with Crippen molar-refractivity contribution < 1.29 is 4.74 Å². The average molecular weight is 244 g/mol. The van der Waals surface area contributed by atoms with Crippen molar-refractivity contribution in [3.8, 4) is 5.88 Å². The number of hydrogen-bond acceptors (Lipinski definition) is 5. The molecule has 0 spiro atoms. The molecule has 0 aliphatic carbocycles. The van der Waals surface area contributed by atoms with Gasteiger partial charge >= 0.3 is 0 Å². The summed E-state index contributed by atoms with van der Waals surface area (Å²) in [4.78, 5) is 10.4. The molecule has 0 amide bonds. The van der Waals surface area contributed by atoms with E-state index in [9.17, 15) is 0 Å². The summed E-state index contributed by atoms with van der Waals surface area (Å²) in [5.74, 6) is 1.12. The van der Waals surface area contributed by atoms with E-state index in [0.29, 0.717) is 18.4 Å². The van der Waals surface area contributed by atoms with Crippen molar-refractivity contribution in [2.24, 2.45) is 5.73 Å². The molecule has 0 radical (unpaired) electrons. The Labute approximate surface area is 106 Å². The fourth-order valence-corrected chi connectivity index (χ4v) is 1.73. The van der Waals surface area contributed by atoms with Crippen molar-refractivity contribution in [1.29, 1.82) is 0 Å². The Balaban J connectivity index is 2.37. The van der Waals surface area contributed by atoms with Crippen LogP contribution in [0.15, 0.2) is 36.5 Å². The quantitative estimate of drug-likeness (QED) is 0.887. The van der Waals surface area contributed by atoms with Crippen LogP contribution in [-0.2, 0) is 6.54 Å². The molecule has 5 heteroatoms. The summed E-state index contributed by atoms with van der Waals surface area (Å²) in [5, 5.41) is 0. The van der Waals surface area contributed by atoms with Crippen LogP contribution < -0.4 is 15.4 Å². The standard InChI is InChI=1S/C13H16N4O/c1-17(11-6-4-3-5-10(11)9-14)13-15-8-7-12(16-13)18-2/h3-8H,9,14H2,1-2H3. The van der Waals surface area contributed by atoms with Gasteiger partial charge in [-0.25, -0.2) is 4.98 Å². The Hall–Kier alpha value is -2.14. The van der Waals surface area contributed by atoms with Crippen LogP contribution in [0, 0.1) is 0 Å². The number of aromatic nitrogens is 2. The van der Waals surface area contributed by atoms with Crippen molar-refractivity contribution >= 4 is 11.6 Å². The van der Waals surface area contributed by atoms with E-state index in [1.807, 2.05) is 36.2 Å². The third-order valence-corrected chi connectivity index (χ3v) is 2.70. The molecule has 94 valence electrons. The lowest BCUT2D eigenvalue weighted by Gasteiger charge is -2.20. The normalized spacial score (nSPS) is 10.2. The summed E-state index contributed by atoms with van der Waals surface area (Å²) in [7, 11) is 3.49. The molecule has 0 atom stereocenters. The van der Waals surface area contributed by atoms with E-state index in [0.717, 1.165) is 11.3 Å². The van der Waals surface area contributed by atoms with Gasteiger partial charge in [0.2, 0.25) is 11.8 Å². The van der Waals surface area contributed by atoms with E-state index < -0.39 is 0 Å². The van der Waals surface area contributed by atoms with Gasteiger partial charge < -0.3 is 15.4 Å². The molecule has 1 aromatic heterocycles. The zero-order chi connectivity index (χ0) is 13.0. The fraction of sp³-hybridized carbons (Fsp3) is 0.231. The first-order valence-corrected chi connectivity index (χ1v) is 5.65. The Bertz CT molecular complexity index is 530. The molecule has 1 aromatic carbocycles. The van der Waals surface area contributed by atoms with Crippen molar-refractivity contribution in [2.75, 3.05) is 19.1 Å². The van der Waals surface area contributed by atoms with Gasteiger partial charge in [0.25, 0.3) is 0 Å². The molecule has 1 heterocycles. The molecule has 2 aromatic rings. The molecule has 2 rings (SSSR count). The van der Waals surface area contributed by atoms with Crippen molar-refractivity contribution in [3.63, 3.8) is 0 Å². The van der Waals surface area contributed by atoms with Crippen molar-refractivity contribution in [1.82, 2.24) is 9.97 Å². The van der Waals surface area contributed by atoms with Crippen LogP contribution in [0.25, 0.3) is 0 Å². The zero-order valence-electron chi connectivity index (χ0n) is 10.5. The van der Waals surface area contributed by atoms with E-state index in [4.69, 9.17) is 10.5 Å². The molecule has 5 nitrogen and oxygen atoms in total. The largest absolute Gasteiger partial charge is 0.481 e. The third-order valence-electron chi connectivity index (χ3n) is 2.70. The molecular formula is C13H16N4O. The topological polar surface area (TPSA) is 64.3 Å². The molecule has 0 aliphatic heterocycles. The Kier molecular flexibility index (Phi) is 3.74. The Morgan fingerprint density at radius 3 is 2.78 bits per heavy atom. The van der Waals surface area contributed by atoms with Gasteiger partial charge in [-0.3, -0.25) is 0 Å². The lowest BCUT2D eigenvalue weighted by atomic mass is 10.1. The molecule has 0 bridgehead atoms. The number of benzene rings is 1. The first-order chi connectivity index (χ1) is 8.76. The first-order valence-electron chi connectivity index (χ1n) is 5.65. The number of anilines is 2. The molecule has 0 fully saturated rings. The van der Waals surface area contributed by atoms with Gasteiger partial charge in [-0.05, 0) is 11.6 Å². The van der Waals surface area contributed by atoms with Gasteiger partial charge in [-0.2, -0.15) is 4.98 Å². The maximum absolute atomic E-state index is 5.73. The summed E-state index contributed by atoms with van der Waals surface area (Å²) in [5.41, 5.74) is 7.77. The number of para-hydroxylation sites is 1. The summed E-state index contributed by atoms with van der Waals surface area (Å²) in [6.07, 6.45) is 1.67. The monoisotopic (exact) mass is 244 g/mol. The van der Waals surface area contributed by atoms with Gasteiger partial charge in [0.1, 0.15) is 0 Å². The second kappa shape index (κ2) is 5.46. The summed E-state index contributed by atoms with van der Waals surface area (Å²) >= 11 is 0. The summed E-state index contributed by atoms with van der Waals surface area (Å²) in [6, 6.07) is 9.63. The first kappa shape index (κ1) is 12.3. The van der Waals surface area contributed by atoms with Gasteiger partial charge in [0.05, 0.1) is 7.11 Å². The highest BCUT2D eigenvalue weighted by molar-refractivity contribution is 5.61. The van der Waals surface area contributed by atoms with E-state index in [-0.39, 0.29) is 0 Å². The summed E-state index contributed by atoms with van der Waals surface area (Å²) in [6.45, 7) is 0.477. The van der Waals surface area contributed by atoms with Crippen LogP contribution in [0.4, 0.5) is 11.6 Å². The molecule has 2 N–H and O–H groups in total. The van der Waals surface area contributed by atoms with E-state index in [1.165, 1.54) is 0 Å². The highest BCUT2D eigenvalue weighted by Crippen LogP contribution is 2.24. The van der Waals surface area contributed by atoms with Gasteiger partial charge in [0.15, 0.2) is 0 Å². The van der Waals surface area contributed by atoms with Gasteiger partial charge in [-0.1, -0.05) is 18.2 Å². The van der Waals surface area contributed by atoms with E-state index in [1.54, 1.807) is 19.4 Å². The highest BCUT2D eigenvalue weighted by Gasteiger charge is 2.10. The zero-order valence-corrected chi connectivity index (χ0v) is 10.5. The number of nitrogens with zero attached hydrogens (tertiary/aromatic N) is 3. The Morgan fingerprint density at radius 1 is 1.28 bits per heavy atom. The summed E-state index contributed by atoms with van der Waals surface area (Å²) < 4.78 is 5.09. The van der Waals surface area contributed by atoms with E-state index >= 15 is 0 Å². The smallest absolute Gasteiger partial charge is 0.232 e. The minimum absolute atomic E-state index is 0.477. The van der Waals surface area contributed by atoms with Crippen molar-refractivity contribution in [2.45, 2.75) is 6.54 Å². The second-order valence-electron chi connectivity index (χ2n) is 3.79. The van der Waals surface area contributed by atoms with Crippen LogP contribution >= 0.6 is 0 Å². The van der Waals surface area contributed by atoms with Crippen LogP contribution in [0.1, 0.15) is 5.56 Å². The minimum Gasteiger partial charge on any atom is -0.481 e. The van der Waals surface area contributed by atoms with E-state index in [2.05, 4.69) is 9.97 Å². The van der Waals surface area contributed by atoms with Crippen molar-refractivity contribution in [3.05, 3.63) is 42.1 Å². The highest BCUT2D eigenvalue weighted by atomic mass is 16.5. The Morgan fingerprint density at radius 2 is 2.06 bits per heavy atom. The average Bonchev–Trinajstić information content (AvgIpc) is 2.46. The van der Waals surface area contributed by atoms with Gasteiger partial charge in [-0.15, -0.1) is 0 Å². The fourth-order valence-electron chi connectivity index (χ4n) is 1.73.